The van der Waals surface area contributed by atoms with Gasteiger partial charge < -0.3 is 33.1 Å². The fraction of sp³-hybridized carbons (Fsp3) is 0.700. The van der Waals surface area contributed by atoms with Crippen LogP contribution < -0.4 is 4.90 Å². The molecule has 0 amide bonds. The van der Waals surface area contributed by atoms with Crippen LogP contribution in [0.1, 0.15) is 17.2 Å². The summed E-state index contributed by atoms with van der Waals surface area (Å²) in [6, 6.07) is 4.02. The van der Waals surface area contributed by atoms with E-state index < -0.39 is 0 Å². The number of aryl methyl sites for hydroxylation is 2. The van der Waals surface area contributed by atoms with Gasteiger partial charge >= 0.3 is 0 Å². The van der Waals surface area contributed by atoms with Gasteiger partial charge in [0.2, 0.25) is 0 Å². The van der Waals surface area contributed by atoms with Gasteiger partial charge in [-0.1, -0.05) is 10.3 Å². The van der Waals surface area contributed by atoms with Crippen molar-refractivity contribution in [1.82, 2.24) is 15.2 Å². The van der Waals surface area contributed by atoms with Crippen molar-refractivity contribution >= 4 is 5.82 Å². The van der Waals surface area contributed by atoms with Crippen LogP contribution in [-0.4, -0.2) is 87.6 Å². The first-order valence-electron chi connectivity index (χ1n) is 10.1. The molecule has 0 spiro atoms. The Morgan fingerprint density at radius 3 is 2.59 bits per heavy atom. The van der Waals surface area contributed by atoms with Gasteiger partial charge in [-0.05, 0) is 20.9 Å². The van der Waals surface area contributed by atoms with Gasteiger partial charge in [0.25, 0.3) is 0 Å². The Labute approximate surface area is 171 Å². The zero-order valence-corrected chi connectivity index (χ0v) is 17.8. The molecule has 1 fully saturated rings. The molecule has 162 valence electrons. The molecule has 2 atom stereocenters. The number of nitrogens with zero attached hydrogens (tertiary/aromatic N) is 4. The Bertz CT molecular complexity index is 734. The summed E-state index contributed by atoms with van der Waals surface area (Å²) in [4.78, 5) is 4.56. The summed E-state index contributed by atoms with van der Waals surface area (Å²) < 4.78 is 27.7. The summed E-state index contributed by atoms with van der Waals surface area (Å²) in [5.74, 6) is 2.47. The van der Waals surface area contributed by atoms with Gasteiger partial charge in [-0.15, -0.1) is 0 Å². The summed E-state index contributed by atoms with van der Waals surface area (Å²) in [6.45, 7) is 8.59. The molecule has 1 aliphatic heterocycles. The van der Waals surface area contributed by atoms with Gasteiger partial charge in [-0.2, -0.15) is 0 Å². The maximum Gasteiger partial charge on any atom is 0.172 e. The predicted octanol–water partition coefficient (Wildman–Crippen LogP) is 1.69. The lowest BCUT2D eigenvalue weighted by Crippen LogP contribution is -2.58. The van der Waals surface area contributed by atoms with Gasteiger partial charge in [-0.3, -0.25) is 0 Å². The van der Waals surface area contributed by atoms with Crippen LogP contribution in [0.25, 0.3) is 0 Å². The molecule has 0 N–H and O–H groups in total. The van der Waals surface area contributed by atoms with Crippen molar-refractivity contribution in [2.24, 2.45) is 0 Å². The lowest BCUT2D eigenvalue weighted by Gasteiger charge is -2.43. The zero-order valence-electron chi connectivity index (χ0n) is 17.8. The lowest BCUT2D eigenvalue weighted by molar-refractivity contribution is -0.0465. The molecule has 0 aromatic carbocycles. The number of ether oxygens (including phenoxy) is 3. The standard InChI is InChI=1S/C20H32N4O5/c1-15-11-17(21-28-15)5-8-26-9-10-27-19(14-25-4)18-13-23(3)6-7-24(18)20-12-16(2)29-22-20/h11-12,18-19H,5-10,13-14H2,1-4H3. The fourth-order valence-electron chi connectivity index (χ4n) is 3.55. The molecule has 9 nitrogen and oxygen atoms in total. The molecule has 2 aromatic rings. The molecular formula is C20H32N4O5. The van der Waals surface area contributed by atoms with Crippen molar-refractivity contribution in [2.75, 3.05) is 65.1 Å². The summed E-state index contributed by atoms with van der Waals surface area (Å²) in [5, 5.41) is 8.17. The molecular weight excluding hydrogens is 376 g/mol. The zero-order chi connectivity index (χ0) is 20.6. The molecule has 29 heavy (non-hydrogen) atoms. The third kappa shape index (κ3) is 6.27. The van der Waals surface area contributed by atoms with Crippen molar-refractivity contribution in [3.8, 4) is 0 Å². The summed E-state index contributed by atoms with van der Waals surface area (Å²) in [5.41, 5.74) is 0.907. The first kappa shape index (κ1) is 21.8. The van der Waals surface area contributed by atoms with E-state index in [4.69, 9.17) is 23.3 Å². The minimum Gasteiger partial charge on any atom is -0.382 e. The first-order valence-corrected chi connectivity index (χ1v) is 10.1. The van der Waals surface area contributed by atoms with Crippen molar-refractivity contribution in [2.45, 2.75) is 32.4 Å². The minimum atomic E-state index is -0.0958. The Morgan fingerprint density at radius 1 is 1.10 bits per heavy atom. The second-order valence-corrected chi connectivity index (χ2v) is 7.47. The van der Waals surface area contributed by atoms with Crippen LogP contribution in [0.15, 0.2) is 21.2 Å². The van der Waals surface area contributed by atoms with Gasteiger partial charge in [0.1, 0.15) is 17.6 Å². The van der Waals surface area contributed by atoms with Gasteiger partial charge in [-0.25, -0.2) is 0 Å². The van der Waals surface area contributed by atoms with Crippen LogP contribution in [-0.2, 0) is 20.6 Å². The van der Waals surface area contributed by atoms with Crippen molar-refractivity contribution < 1.29 is 23.3 Å². The fourth-order valence-corrected chi connectivity index (χ4v) is 3.55. The minimum absolute atomic E-state index is 0.0958. The molecule has 1 saturated heterocycles. The van der Waals surface area contributed by atoms with Crippen LogP contribution in [0.4, 0.5) is 5.82 Å². The molecule has 0 saturated carbocycles. The van der Waals surface area contributed by atoms with Crippen LogP contribution in [0, 0.1) is 13.8 Å². The van der Waals surface area contributed by atoms with Crippen molar-refractivity contribution in [3.63, 3.8) is 0 Å². The molecule has 1 aliphatic rings. The normalized spacial score (nSPS) is 19.0. The third-order valence-electron chi connectivity index (χ3n) is 5.03. The molecule has 3 heterocycles. The van der Waals surface area contributed by atoms with Gasteiger partial charge in [0.15, 0.2) is 5.82 Å². The smallest absolute Gasteiger partial charge is 0.172 e. The van der Waals surface area contributed by atoms with E-state index in [-0.39, 0.29) is 12.1 Å². The van der Waals surface area contributed by atoms with E-state index in [9.17, 15) is 0 Å². The lowest BCUT2D eigenvalue weighted by atomic mass is 10.1. The summed E-state index contributed by atoms with van der Waals surface area (Å²) in [7, 11) is 3.82. The van der Waals surface area contributed by atoms with E-state index in [1.54, 1.807) is 7.11 Å². The highest BCUT2D eigenvalue weighted by Gasteiger charge is 2.34. The number of rotatable bonds is 11. The Morgan fingerprint density at radius 2 is 1.90 bits per heavy atom. The van der Waals surface area contributed by atoms with E-state index in [0.717, 1.165) is 49.1 Å². The van der Waals surface area contributed by atoms with Crippen molar-refractivity contribution in [3.05, 3.63) is 29.3 Å². The van der Waals surface area contributed by atoms with E-state index in [0.29, 0.717) is 26.4 Å². The predicted molar refractivity (Wildman–Crippen MR) is 107 cm³/mol. The quantitative estimate of drug-likeness (QED) is 0.516. The van der Waals surface area contributed by atoms with Crippen LogP contribution >= 0.6 is 0 Å². The maximum atomic E-state index is 6.17. The highest BCUT2D eigenvalue weighted by molar-refractivity contribution is 5.40. The van der Waals surface area contributed by atoms with Crippen LogP contribution in [0.5, 0.6) is 0 Å². The molecule has 0 aliphatic carbocycles. The Kier molecular flexibility index (Phi) is 8.05. The Hall–Kier alpha value is -1.94. The second kappa shape index (κ2) is 10.7. The van der Waals surface area contributed by atoms with E-state index >= 15 is 0 Å². The number of anilines is 1. The molecule has 9 heteroatoms. The molecule has 2 unspecified atom stereocenters. The number of aromatic nitrogens is 2. The second-order valence-electron chi connectivity index (χ2n) is 7.47. The number of likely N-dealkylation sites (N-methyl/N-ethyl adjacent to an activating group) is 1. The number of methoxy groups -OCH3 is 1. The number of hydrogen-bond acceptors (Lipinski definition) is 9. The average Bonchev–Trinajstić information content (AvgIpc) is 3.31. The summed E-state index contributed by atoms with van der Waals surface area (Å²) >= 11 is 0. The van der Waals surface area contributed by atoms with Crippen molar-refractivity contribution in [1.29, 1.82) is 0 Å². The van der Waals surface area contributed by atoms with Crippen LogP contribution in [0.2, 0.25) is 0 Å². The summed E-state index contributed by atoms with van der Waals surface area (Å²) in [6.07, 6.45) is 0.632. The Balaban J connectivity index is 1.49. The first-order chi connectivity index (χ1) is 14.1. The van der Waals surface area contributed by atoms with Gasteiger partial charge in [0.05, 0.1) is 38.2 Å². The average molecular weight is 408 g/mol. The highest BCUT2D eigenvalue weighted by atomic mass is 16.5. The maximum absolute atomic E-state index is 6.17. The highest BCUT2D eigenvalue weighted by Crippen LogP contribution is 2.23. The monoisotopic (exact) mass is 408 g/mol. The topological polar surface area (TPSA) is 86.2 Å². The molecule has 3 rings (SSSR count). The largest absolute Gasteiger partial charge is 0.382 e. The molecule has 0 radical (unpaired) electrons. The van der Waals surface area contributed by atoms with E-state index in [2.05, 4.69) is 27.2 Å². The van der Waals surface area contributed by atoms with E-state index in [1.165, 1.54) is 0 Å². The number of piperazine rings is 1. The SMILES string of the molecule is COCC(OCCOCCc1cc(C)on1)C1CN(C)CCN1c1cc(C)on1. The van der Waals surface area contributed by atoms with E-state index in [1.807, 2.05) is 26.0 Å². The number of hydrogen-bond donors (Lipinski definition) is 0. The van der Waals surface area contributed by atoms with Gasteiger partial charge in [0, 0.05) is 45.3 Å². The third-order valence-corrected chi connectivity index (χ3v) is 5.03. The molecule has 2 aromatic heterocycles. The van der Waals surface area contributed by atoms with Crippen LogP contribution in [0.3, 0.4) is 0 Å². The molecule has 0 bridgehead atoms.